The van der Waals surface area contributed by atoms with Gasteiger partial charge in [-0.15, -0.1) is 0 Å². The van der Waals surface area contributed by atoms with Crippen LogP contribution in [-0.2, 0) is 14.0 Å². The van der Waals surface area contributed by atoms with E-state index in [1.165, 1.54) is 0 Å². The monoisotopic (exact) mass is 331 g/mol. The molecule has 1 aliphatic heterocycles. The van der Waals surface area contributed by atoms with E-state index in [0.717, 1.165) is 19.3 Å². The third kappa shape index (κ3) is 5.65. The van der Waals surface area contributed by atoms with Crippen LogP contribution in [0, 0.1) is 11.3 Å². The maximum Gasteiger partial charge on any atom is 0.315 e. The average molecular weight is 332 g/mol. The van der Waals surface area contributed by atoms with Gasteiger partial charge in [-0.25, -0.2) is 0 Å². The summed E-state index contributed by atoms with van der Waals surface area (Å²) in [6.07, 6.45) is 3.60. The largest absolute Gasteiger partial charge is 0.465 e. The van der Waals surface area contributed by atoms with Gasteiger partial charge in [0.1, 0.15) is 5.92 Å². The van der Waals surface area contributed by atoms with E-state index in [1.807, 2.05) is 13.1 Å². The number of unbranched alkanes of at least 4 members (excludes halogenated alkanes) is 1. The van der Waals surface area contributed by atoms with Crippen molar-refractivity contribution in [3.8, 4) is 0 Å². The Balaban J connectivity index is 2.44. The van der Waals surface area contributed by atoms with E-state index in [-0.39, 0.29) is 5.97 Å². The molecule has 0 aromatic carbocycles. The van der Waals surface area contributed by atoms with Gasteiger partial charge < -0.3 is 14.3 Å². The van der Waals surface area contributed by atoms with Crippen LogP contribution in [0.1, 0.15) is 46.5 Å². The maximum atomic E-state index is 12.3. The molecule has 1 rings (SSSR count). The summed E-state index contributed by atoms with van der Waals surface area (Å²) in [5, 5.41) is 10.7. The standard InChI is InChI=1S/C16H33NO4Si/c1-15(2,3)10-7-8-12-20-14(18)13-9-11-17(4)16(13,19)21-22(5)6/h13,19,22H,7-12H2,1-6H3. The summed E-state index contributed by atoms with van der Waals surface area (Å²) in [7, 11) is 0.319. The number of hydrogen-bond acceptors (Lipinski definition) is 5. The van der Waals surface area contributed by atoms with E-state index in [4.69, 9.17) is 9.16 Å². The predicted octanol–water partition coefficient (Wildman–Crippen LogP) is 2.34. The zero-order valence-electron chi connectivity index (χ0n) is 15.0. The minimum Gasteiger partial charge on any atom is -0.465 e. The Bertz CT molecular complexity index is 370. The molecular weight excluding hydrogens is 298 g/mol. The molecule has 2 unspecified atom stereocenters. The molecule has 0 amide bonds. The first-order valence-corrected chi connectivity index (χ1v) is 11.1. The molecule has 0 bridgehead atoms. The number of esters is 1. The lowest BCUT2D eigenvalue weighted by Crippen LogP contribution is -2.53. The summed E-state index contributed by atoms with van der Waals surface area (Å²) in [6.45, 7) is 11.7. The zero-order valence-corrected chi connectivity index (χ0v) is 16.2. The van der Waals surface area contributed by atoms with Crippen molar-refractivity contribution < 1.29 is 19.1 Å². The summed E-state index contributed by atoms with van der Waals surface area (Å²) >= 11 is 0. The number of rotatable bonds is 7. The minimum atomic E-state index is -1.48. The van der Waals surface area contributed by atoms with Gasteiger partial charge in [-0.2, -0.15) is 0 Å². The van der Waals surface area contributed by atoms with E-state index in [0.29, 0.717) is 25.0 Å². The van der Waals surface area contributed by atoms with Gasteiger partial charge >= 0.3 is 5.97 Å². The quantitative estimate of drug-likeness (QED) is 0.336. The third-order valence-corrected chi connectivity index (χ3v) is 4.83. The number of carbonyl (C=O) groups excluding carboxylic acids is 1. The smallest absolute Gasteiger partial charge is 0.315 e. The lowest BCUT2D eigenvalue weighted by molar-refractivity contribution is -0.248. The van der Waals surface area contributed by atoms with Gasteiger partial charge in [-0.3, -0.25) is 9.69 Å². The van der Waals surface area contributed by atoms with Crippen LogP contribution in [0.2, 0.25) is 13.1 Å². The molecule has 0 spiro atoms. The van der Waals surface area contributed by atoms with Crippen LogP contribution in [0.5, 0.6) is 0 Å². The van der Waals surface area contributed by atoms with Crippen molar-refractivity contribution in [1.29, 1.82) is 0 Å². The van der Waals surface area contributed by atoms with Crippen LogP contribution in [0.25, 0.3) is 0 Å². The highest BCUT2D eigenvalue weighted by atomic mass is 28.3. The van der Waals surface area contributed by atoms with Crippen LogP contribution in [0.3, 0.4) is 0 Å². The molecule has 0 aromatic rings. The molecule has 0 saturated carbocycles. The summed E-state index contributed by atoms with van der Waals surface area (Å²) in [6, 6.07) is 0. The molecule has 5 nitrogen and oxygen atoms in total. The van der Waals surface area contributed by atoms with Crippen LogP contribution in [0.4, 0.5) is 0 Å². The molecule has 0 radical (unpaired) electrons. The van der Waals surface area contributed by atoms with Crippen molar-refractivity contribution in [3.63, 3.8) is 0 Å². The van der Waals surface area contributed by atoms with Gasteiger partial charge in [-0.1, -0.05) is 20.8 Å². The Morgan fingerprint density at radius 1 is 1.36 bits per heavy atom. The Morgan fingerprint density at radius 2 is 2.00 bits per heavy atom. The van der Waals surface area contributed by atoms with E-state index >= 15 is 0 Å². The van der Waals surface area contributed by atoms with Crippen LogP contribution in [-0.4, -0.2) is 51.1 Å². The van der Waals surface area contributed by atoms with Crippen molar-refractivity contribution in [3.05, 3.63) is 0 Å². The normalized spacial score (nSPS) is 26.6. The maximum absolute atomic E-state index is 12.3. The number of hydrogen-bond donors (Lipinski definition) is 1. The first-order chi connectivity index (χ1) is 10.1. The van der Waals surface area contributed by atoms with Crippen molar-refractivity contribution in [2.24, 2.45) is 11.3 Å². The molecule has 130 valence electrons. The third-order valence-electron chi connectivity index (χ3n) is 4.01. The number of nitrogens with zero attached hydrogens (tertiary/aromatic N) is 1. The Kier molecular flexibility index (Phi) is 7.04. The van der Waals surface area contributed by atoms with Gasteiger partial charge in [0.05, 0.1) is 6.61 Å². The van der Waals surface area contributed by atoms with Gasteiger partial charge in [0.25, 0.3) is 0 Å². The first kappa shape index (κ1) is 19.6. The Labute approximate surface area is 136 Å². The second kappa shape index (κ2) is 7.90. The average Bonchev–Trinajstić information content (AvgIpc) is 2.62. The molecule has 22 heavy (non-hydrogen) atoms. The molecule has 6 heteroatoms. The molecule has 0 aromatic heterocycles. The number of ether oxygens (including phenoxy) is 1. The summed E-state index contributed by atoms with van der Waals surface area (Å²) in [5.41, 5.74) is 0.314. The van der Waals surface area contributed by atoms with E-state index < -0.39 is 20.9 Å². The van der Waals surface area contributed by atoms with Gasteiger partial charge in [0.15, 0.2) is 9.04 Å². The van der Waals surface area contributed by atoms with Crippen LogP contribution in [0.15, 0.2) is 0 Å². The Morgan fingerprint density at radius 3 is 2.55 bits per heavy atom. The summed E-state index contributed by atoms with van der Waals surface area (Å²) < 4.78 is 11.1. The van der Waals surface area contributed by atoms with Gasteiger partial charge in [0, 0.05) is 6.54 Å². The highest BCUT2D eigenvalue weighted by Crippen LogP contribution is 2.34. The summed E-state index contributed by atoms with van der Waals surface area (Å²) in [5.74, 6) is -2.42. The highest BCUT2D eigenvalue weighted by molar-refractivity contribution is 6.48. The lowest BCUT2D eigenvalue weighted by atomic mass is 9.90. The van der Waals surface area contributed by atoms with E-state index in [1.54, 1.807) is 11.9 Å². The molecular formula is C16H33NO4Si. The Hall–Kier alpha value is -0.433. The second-order valence-corrected chi connectivity index (χ2v) is 10.1. The van der Waals surface area contributed by atoms with E-state index in [9.17, 15) is 9.90 Å². The van der Waals surface area contributed by atoms with Gasteiger partial charge in [0.2, 0.25) is 5.91 Å². The zero-order chi connectivity index (χ0) is 17.0. The van der Waals surface area contributed by atoms with Crippen molar-refractivity contribution in [2.75, 3.05) is 20.2 Å². The fourth-order valence-electron chi connectivity index (χ4n) is 2.76. The fraction of sp³-hybridized carbons (Fsp3) is 0.938. The molecule has 0 aliphatic carbocycles. The molecule has 1 fully saturated rings. The molecule has 2 atom stereocenters. The van der Waals surface area contributed by atoms with Crippen LogP contribution < -0.4 is 0 Å². The van der Waals surface area contributed by atoms with E-state index in [2.05, 4.69) is 20.8 Å². The van der Waals surface area contributed by atoms with Crippen LogP contribution >= 0.6 is 0 Å². The lowest BCUT2D eigenvalue weighted by Gasteiger charge is -2.35. The number of likely N-dealkylation sites (tertiary alicyclic amines) is 1. The number of carbonyl (C=O) groups is 1. The SMILES string of the molecule is CN1CCC(C(=O)OCCCCC(C)(C)C)C1(O)O[SiH](C)C. The minimum absolute atomic E-state index is 0.314. The fourth-order valence-corrected chi connectivity index (χ4v) is 3.80. The number of aliphatic hydroxyl groups is 1. The molecule has 1 N–H and O–H groups in total. The molecule has 1 heterocycles. The topological polar surface area (TPSA) is 59.0 Å². The van der Waals surface area contributed by atoms with Crippen molar-refractivity contribution >= 4 is 15.0 Å². The van der Waals surface area contributed by atoms with Crippen molar-refractivity contribution in [2.45, 2.75) is 65.5 Å². The van der Waals surface area contributed by atoms with Gasteiger partial charge in [-0.05, 0) is 51.2 Å². The predicted molar refractivity (Wildman–Crippen MR) is 89.9 cm³/mol. The van der Waals surface area contributed by atoms with Crippen molar-refractivity contribution in [1.82, 2.24) is 4.90 Å². The summed E-state index contributed by atoms with van der Waals surface area (Å²) in [4.78, 5) is 14.0. The highest BCUT2D eigenvalue weighted by Gasteiger charge is 2.52. The molecule has 1 aliphatic rings. The molecule has 1 saturated heterocycles. The second-order valence-electron chi connectivity index (χ2n) is 7.77. The first-order valence-electron chi connectivity index (χ1n) is 8.34.